The van der Waals surface area contributed by atoms with Gasteiger partial charge in [-0.1, -0.05) is 11.6 Å². The summed E-state index contributed by atoms with van der Waals surface area (Å²) in [5, 5.41) is 0.677. The van der Waals surface area contributed by atoms with E-state index < -0.39 is 6.10 Å². The normalized spacial score (nSPS) is 24.0. The van der Waals surface area contributed by atoms with Gasteiger partial charge in [0.05, 0.1) is 0 Å². The van der Waals surface area contributed by atoms with Crippen LogP contribution in [0.3, 0.4) is 0 Å². The fourth-order valence-electron chi connectivity index (χ4n) is 2.91. The molecule has 2 atom stereocenters. The Morgan fingerprint density at radius 2 is 2.30 bits per heavy atom. The standard InChI is InChI=1S/C14H17ClN2O2.ClH/c15-10-3-4-12-9(6-10)7-13(19-12)14(18)17-5-1-2-11(17)8-16;/h3-4,6,11,13H,1-2,5,7-8,16H2;1H. The Labute approximate surface area is 129 Å². The summed E-state index contributed by atoms with van der Waals surface area (Å²) in [5.74, 6) is 0.825. The van der Waals surface area contributed by atoms with Crippen LogP contribution in [0, 0.1) is 0 Å². The summed E-state index contributed by atoms with van der Waals surface area (Å²) >= 11 is 5.96. The molecule has 1 fully saturated rings. The molecule has 1 aromatic rings. The highest BCUT2D eigenvalue weighted by molar-refractivity contribution is 6.30. The van der Waals surface area contributed by atoms with Crippen LogP contribution in [0.2, 0.25) is 5.02 Å². The molecule has 0 radical (unpaired) electrons. The highest BCUT2D eigenvalue weighted by Crippen LogP contribution is 2.32. The Morgan fingerprint density at radius 1 is 1.50 bits per heavy atom. The van der Waals surface area contributed by atoms with Crippen molar-refractivity contribution in [1.29, 1.82) is 0 Å². The molecule has 1 aromatic carbocycles. The highest BCUT2D eigenvalue weighted by atomic mass is 35.5. The lowest BCUT2D eigenvalue weighted by Gasteiger charge is -2.26. The SMILES string of the molecule is Cl.NCC1CCCN1C(=O)C1Cc2cc(Cl)ccc2O1. The second-order valence-corrected chi connectivity index (χ2v) is 5.56. The number of carbonyl (C=O) groups excluding carboxylic acids is 1. The molecule has 2 aliphatic rings. The van der Waals surface area contributed by atoms with Crippen LogP contribution >= 0.6 is 24.0 Å². The summed E-state index contributed by atoms with van der Waals surface area (Å²) in [6, 6.07) is 5.65. The molecular weight excluding hydrogens is 299 g/mol. The minimum absolute atomic E-state index is 0. The number of halogens is 2. The molecule has 0 spiro atoms. The van der Waals surface area contributed by atoms with Gasteiger partial charge in [0.25, 0.3) is 5.91 Å². The lowest BCUT2D eigenvalue weighted by atomic mass is 10.1. The topological polar surface area (TPSA) is 55.6 Å². The number of nitrogens with two attached hydrogens (primary N) is 1. The van der Waals surface area contributed by atoms with Gasteiger partial charge in [0.2, 0.25) is 0 Å². The molecule has 1 amide bonds. The van der Waals surface area contributed by atoms with E-state index in [1.54, 1.807) is 6.07 Å². The molecule has 0 aromatic heterocycles. The number of carbonyl (C=O) groups is 1. The van der Waals surface area contributed by atoms with Crippen LogP contribution in [0.4, 0.5) is 0 Å². The van der Waals surface area contributed by atoms with Crippen molar-refractivity contribution < 1.29 is 9.53 Å². The van der Waals surface area contributed by atoms with Crippen LogP contribution in [-0.4, -0.2) is 36.0 Å². The van der Waals surface area contributed by atoms with Gasteiger partial charge in [0.15, 0.2) is 6.10 Å². The zero-order valence-corrected chi connectivity index (χ0v) is 12.6. The maximum absolute atomic E-state index is 12.5. The van der Waals surface area contributed by atoms with Gasteiger partial charge in [-0.05, 0) is 36.6 Å². The molecule has 2 heterocycles. The molecule has 0 aliphatic carbocycles. The van der Waals surface area contributed by atoms with E-state index in [-0.39, 0.29) is 24.4 Å². The van der Waals surface area contributed by atoms with E-state index in [9.17, 15) is 4.79 Å². The molecular formula is C14H18Cl2N2O2. The van der Waals surface area contributed by atoms with Crippen LogP contribution in [0.1, 0.15) is 18.4 Å². The number of hydrogen-bond donors (Lipinski definition) is 1. The summed E-state index contributed by atoms with van der Waals surface area (Å²) < 4.78 is 5.74. The van der Waals surface area contributed by atoms with E-state index in [0.717, 1.165) is 30.7 Å². The molecule has 1 saturated heterocycles. The van der Waals surface area contributed by atoms with Gasteiger partial charge in [-0.25, -0.2) is 0 Å². The van der Waals surface area contributed by atoms with Crippen LogP contribution < -0.4 is 10.5 Å². The van der Waals surface area contributed by atoms with E-state index in [1.807, 2.05) is 17.0 Å². The summed E-state index contributed by atoms with van der Waals surface area (Å²) in [7, 11) is 0. The van der Waals surface area contributed by atoms with E-state index in [2.05, 4.69) is 0 Å². The maximum Gasteiger partial charge on any atom is 0.264 e. The Bertz CT molecular complexity index is 510. The third-order valence-corrected chi connectivity index (χ3v) is 4.14. The predicted octanol–water partition coefficient (Wildman–Crippen LogP) is 2.01. The smallest absolute Gasteiger partial charge is 0.264 e. The number of fused-ring (bicyclic) bond motifs is 1. The Hall–Kier alpha value is -0.970. The van der Waals surface area contributed by atoms with Crippen LogP contribution in [-0.2, 0) is 11.2 Å². The molecule has 4 nitrogen and oxygen atoms in total. The molecule has 6 heteroatoms. The zero-order chi connectivity index (χ0) is 13.4. The van der Waals surface area contributed by atoms with Crippen LogP contribution in [0.5, 0.6) is 5.75 Å². The second kappa shape index (κ2) is 6.20. The molecule has 20 heavy (non-hydrogen) atoms. The predicted molar refractivity (Wildman–Crippen MR) is 80.6 cm³/mol. The minimum atomic E-state index is -0.416. The van der Waals surface area contributed by atoms with Crippen molar-refractivity contribution in [3.63, 3.8) is 0 Å². The quantitative estimate of drug-likeness (QED) is 0.908. The van der Waals surface area contributed by atoms with Gasteiger partial charge in [0, 0.05) is 30.6 Å². The molecule has 0 bridgehead atoms. The molecule has 2 N–H and O–H groups in total. The van der Waals surface area contributed by atoms with Gasteiger partial charge in [-0.15, -0.1) is 12.4 Å². The highest BCUT2D eigenvalue weighted by Gasteiger charge is 2.36. The summed E-state index contributed by atoms with van der Waals surface area (Å²) in [4.78, 5) is 14.4. The Balaban J connectivity index is 0.00000147. The molecule has 0 saturated carbocycles. The van der Waals surface area contributed by atoms with Crippen LogP contribution in [0.25, 0.3) is 0 Å². The number of nitrogens with zero attached hydrogens (tertiary/aromatic N) is 1. The van der Waals surface area contributed by atoms with Crippen molar-refractivity contribution in [2.24, 2.45) is 5.73 Å². The second-order valence-electron chi connectivity index (χ2n) is 5.13. The maximum atomic E-state index is 12.5. The molecule has 3 rings (SSSR count). The summed E-state index contributed by atoms with van der Waals surface area (Å²) in [6.45, 7) is 1.31. The first-order valence-electron chi connectivity index (χ1n) is 6.64. The monoisotopic (exact) mass is 316 g/mol. The van der Waals surface area contributed by atoms with E-state index in [0.29, 0.717) is 18.0 Å². The third kappa shape index (κ3) is 2.73. The number of likely N-dealkylation sites (tertiary alicyclic amines) is 1. The average molecular weight is 317 g/mol. The lowest BCUT2D eigenvalue weighted by Crippen LogP contribution is -2.46. The fourth-order valence-corrected chi connectivity index (χ4v) is 3.11. The number of rotatable bonds is 2. The minimum Gasteiger partial charge on any atom is -0.480 e. The van der Waals surface area contributed by atoms with Crippen molar-refractivity contribution in [2.75, 3.05) is 13.1 Å². The van der Waals surface area contributed by atoms with Crippen molar-refractivity contribution in [2.45, 2.75) is 31.4 Å². The van der Waals surface area contributed by atoms with E-state index >= 15 is 0 Å². The third-order valence-electron chi connectivity index (χ3n) is 3.90. The zero-order valence-electron chi connectivity index (χ0n) is 11.0. The number of ether oxygens (including phenoxy) is 1. The van der Waals surface area contributed by atoms with Crippen molar-refractivity contribution in [1.82, 2.24) is 4.90 Å². The molecule has 110 valence electrons. The largest absolute Gasteiger partial charge is 0.480 e. The van der Waals surface area contributed by atoms with Gasteiger partial charge in [-0.2, -0.15) is 0 Å². The number of hydrogen-bond acceptors (Lipinski definition) is 3. The fraction of sp³-hybridized carbons (Fsp3) is 0.500. The van der Waals surface area contributed by atoms with Crippen molar-refractivity contribution in [3.8, 4) is 5.75 Å². The summed E-state index contributed by atoms with van der Waals surface area (Å²) in [6.07, 6.45) is 2.20. The van der Waals surface area contributed by atoms with E-state index in [1.165, 1.54) is 0 Å². The molecule has 2 unspecified atom stereocenters. The lowest BCUT2D eigenvalue weighted by molar-refractivity contribution is -0.138. The number of benzene rings is 1. The van der Waals surface area contributed by atoms with Crippen LogP contribution in [0.15, 0.2) is 18.2 Å². The molecule has 2 aliphatic heterocycles. The average Bonchev–Trinajstić information content (AvgIpc) is 3.03. The van der Waals surface area contributed by atoms with Crippen molar-refractivity contribution in [3.05, 3.63) is 28.8 Å². The Morgan fingerprint density at radius 3 is 3.05 bits per heavy atom. The Kier molecular flexibility index (Phi) is 4.78. The van der Waals surface area contributed by atoms with Crippen molar-refractivity contribution >= 4 is 29.9 Å². The summed E-state index contributed by atoms with van der Waals surface area (Å²) in [5.41, 5.74) is 6.72. The first-order valence-corrected chi connectivity index (χ1v) is 7.02. The number of amides is 1. The first-order chi connectivity index (χ1) is 9.19. The van der Waals surface area contributed by atoms with Gasteiger partial charge < -0.3 is 15.4 Å². The van der Waals surface area contributed by atoms with Gasteiger partial charge >= 0.3 is 0 Å². The van der Waals surface area contributed by atoms with E-state index in [4.69, 9.17) is 22.1 Å². The van der Waals surface area contributed by atoms with Gasteiger partial charge in [0.1, 0.15) is 5.75 Å². The van der Waals surface area contributed by atoms with Gasteiger partial charge in [-0.3, -0.25) is 4.79 Å². The first kappa shape index (κ1) is 15.4.